The molecule has 0 aliphatic heterocycles. The molecule has 5 nitrogen and oxygen atoms in total. The molecule has 21 heavy (non-hydrogen) atoms. The molecule has 0 aliphatic rings. The number of thiophene rings is 2. The number of hydrazine groups is 1. The van der Waals surface area contributed by atoms with Gasteiger partial charge in [-0.3, -0.25) is 0 Å². The van der Waals surface area contributed by atoms with Crippen LogP contribution >= 0.6 is 22.7 Å². The highest BCUT2D eigenvalue weighted by atomic mass is 32.1. The zero-order chi connectivity index (χ0) is 14.7. The average molecular weight is 320 g/mol. The summed E-state index contributed by atoms with van der Waals surface area (Å²) in [5.74, 6) is 6.96. The fourth-order valence-corrected chi connectivity index (χ4v) is 3.86. The van der Waals surface area contributed by atoms with E-state index >= 15 is 0 Å². The van der Waals surface area contributed by atoms with Crippen molar-refractivity contribution in [3.8, 4) is 10.4 Å². The Bertz CT molecular complexity index is 724. The smallest absolute Gasteiger partial charge is 0.158 e. The summed E-state index contributed by atoms with van der Waals surface area (Å²) in [7, 11) is 0. The molecule has 110 valence electrons. The van der Waals surface area contributed by atoms with E-state index in [4.69, 9.17) is 10.6 Å². The van der Waals surface area contributed by atoms with E-state index in [9.17, 15) is 0 Å². The van der Waals surface area contributed by atoms with Gasteiger partial charge in [0.05, 0.1) is 5.39 Å². The van der Waals surface area contributed by atoms with E-state index in [1.807, 2.05) is 6.07 Å². The molecule has 0 aromatic carbocycles. The van der Waals surface area contributed by atoms with Crippen molar-refractivity contribution >= 4 is 38.7 Å². The monoisotopic (exact) mass is 320 g/mol. The Hall–Kier alpha value is -1.54. The van der Waals surface area contributed by atoms with Gasteiger partial charge in [-0.15, -0.1) is 22.7 Å². The first-order valence-electron chi connectivity index (χ1n) is 6.69. The minimum Gasteiger partial charge on any atom is -0.373 e. The van der Waals surface area contributed by atoms with Gasteiger partial charge in [-0.1, -0.05) is 13.0 Å². The van der Waals surface area contributed by atoms with Crippen LogP contribution in [0.15, 0.2) is 22.9 Å². The van der Waals surface area contributed by atoms with Gasteiger partial charge >= 0.3 is 0 Å². The number of nitrogen functional groups attached to an aromatic ring is 1. The average Bonchev–Trinajstić information content (AvgIpc) is 3.15. The summed E-state index contributed by atoms with van der Waals surface area (Å²) in [4.78, 5) is 11.2. The normalized spacial score (nSPS) is 11.1. The molecule has 0 unspecified atom stereocenters. The van der Waals surface area contributed by atoms with Gasteiger partial charge in [-0.25, -0.2) is 15.8 Å². The minimum atomic E-state index is 0.407. The number of nitrogens with two attached hydrogens (primary N) is 1. The maximum atomic E-state index is 5.65. The van der Waals surface area contributed by atoms with Crippen LogP contribution in [0.2, 0.25) is 0 Å². The van der Waals surface area contributed by atoms with Gasteiger partial charge in [0, 0.05) is 22.4 Å². The number of nitrogens with zero attached hydrogens (tertiary/aromatic N) is 2. The Balaban J connectivity index is 2.02. The zero-order valence-electron chi connectivity index (χ0n) is 11.6. The summed E-state index contributed by atoms with van der Waals surface area (Å²) < 4.78 is 5.51. The third-order valence-corrected chi connectivity index (χ3v) is 4.76. The Morgan fingerprint density at radius 1 is 1.33 bits per heavy atom. The van der Waals surface area contributed by atoms with Crippen LogP contribution in [0.1, 0.15) is 19.2 Å². The van der Waals surface area contributed by atoms with E-state index < -0.39 is 0 Å². The lowest BCUT2D eigenvalue weighted by Crippen LogP contribution is -2.11. The topological polar surface area (TPSA) is 73.1 Å². The Morgan fingerprint density at radius 3 is 2.95 bits per heavy atom. The molecule has 3 N–H and O–H groups in total. The Labute approximate surface area is 130 Å². The quantitative estimate of drug-likeness (QED) is 0.412. The fraction of sp³-hybridized carbons (Fsp3) is 0.286. The van der Waals surface area contributed by atoms with Crippen molar-refractivity contribution in [3.63, 3.8) is 0 Å². The molecule has 3 heterocycles. The van der Waals surface area contributed by atoms with Crippen molar-refractivity contribution in [2.24, 2.45) is 5.84 Å². The van der Waals surface area contributed by atoms with Crippen molar-refractivity contribution < 1.29 is 4.74 Å². The van der Waals surface area contributed by atoms with Crippen molar-refractivity contribution in [2.45, 2.75) is 20.0 Å². The molecular formula is C14H16N4OS2. The molecule has 0 amide bonds. The minimum absolute atomic E-state index is 0.407. The number of hydrogen-bond donors (Lipinski definition) is 2. The molecule has 3 aromatic rings. The Morgan fingerprint density at radius 2 is 2.24 bits per heavy atom. The third kappa shape index (κ3) is 2.91. The molecule has 0 saturated carbocycles. The van der Waals surface area contributed by atoms with Crippen LogP contribution in [0.25, 0.3) is 20.7 Å². The second kappa shape index (κ2) is 6.48. The summed E-state index contributed by atoms with van der Waals surface area (Å²) in [6.45, 7) is 3.19. The third-order valence-electron chi connectivity index (χ3n) is 2.98. The van der Waals surface area contributed by atoms with Crippen molar-refractivity contribution in [1.29, 1.82) is 0 Å². The number of fused-ring (bicyclic) bond motifs is 1. The summed E-state index contributed by atoms with van der Waals surface area (Å²) >= 11 is 3.29. The van der Waals surface area contributed by atoms with Gasteiger partial charge in [0.1, 0.15) is 11.4 Å². The number of hydrogen-bond acceptors (Lipinski definition) is 7. The number of aromatic nitrogens is 2. The molecule has 0 atom stereocenters. The first-order valence-corrected chi connectivity index (χ1v) is 8.45. The lowest BCUT2D eigenvalue weighted by Gasteiger charge is -2.07. The molecule has 0 radical (unpaired) electrons. The molecule has 0 saturated heterocycles. The lowest BCUT2D eigenvalue weighted by molar-refractivity contribution is 0.116. The highest BCUT2D eigenvalue weighted by Gasteiger charge is 2.15. The van der Waals surface area contributed by atoms with E-state index in [0.29, 0.717) is 24.9 Å². The molecule has 3 aromatic heterocycles. The van der Waals surface area contributed by atoms with Gasteiger partial charge in [-0.05, 0) is 17.9 Å². The number of rotatable bonds is 6. The van der Waals surface area contributed by atoms with Crippen LogP contribution < -0.4 is 11.3 Å². The van der Waals surface area contributed by atoms with Crippen LogP contribution in [-0.2, 0) is 11.3 Å². The summed E-state index contributed by atoms with van der Waals surface area (Å²) in [6, 6.07) is 4.12. The number of nitrogens with one attached hydrogen (secondary N) is 1. The molecule has 7 heteroatoms. The van der Waals surface area contributed by atoms with E-state index in [2.05, 4.69) is 39.1 Å². The van der Waals surface area contributed by atoms with Crippen molar-refractivity contribution in [2.75, 3.05) is 12.0 Å². The van der Waals surface area contributed by atoms with E-state index in [1.54, 1.807) is 22.7 Å². The van der Waals surface area contributed by atoms with Crippen molar-refractivity contribution in [3.05, 3.63) is 28.7 Å². The summed E-state index contributed by atoms with van der Waals surface area (Å²) in [6.07, 6.45) is 0.978. The van der Waals surface area contributed by atoms with Gasteiger partial charge in [0.25, 0.3) is 0 Å². The van der Waals surface area contributed by atoms with Gasteiger partial charge in [-0.2, -0.15) is 0 Å². The largest absolute Gasteiger partial charge is 0.373 e. The highest BCUT2D eigenvalue weighted by molar-refractivity contribution is 7.18. The van der Waals surface area contributed by atoms with Crippen LogP contribution in [0.3, 0.4) is 0 Å². The number of anilines is 1. The van der Waals surface area contributed by atoms with Crippen LogP contribution in [-0.4, -0.2) is 16.6 Å². The van der Waals surface area contributed by atoms with Crippen molar-refractivity contribution in [1.82, 2.24) is 9.97 Å². The van der Waals surface area contributed by atoms with Gasteiger partial charge in [0.15, 0.2) is 11.6 Å². The molecule has 0 bridgehead atoms. The molecule has 0 spiro atoms. The van der Waals surface area contributed by atoms with Crippen LogP contribution in [0.4, 0.5) is 5.82 Å². The maximum absolute atomic E-state index is 5.65. The second-order valence-corrected chi connectivity index (χ2v) is 6.30. The number of ether oxygens (including phenoxy) is 1. The second-order valence-electron chi connectivity index (χ2n) is 4.49. The predicted octanol–water partition coefficient (Wildman–Crippen LogP) is 3.63. The van der Waals surface area contributed by atoms with Crippen LogP contribution in [0.5, 0.6) is 0 Å². The lowest BCUT2D eigenvalue weighted by atomic mass is 10.2. The first kappa shape index (κ1) is 14.4. The van der Waals surface area contributed by atoms with E-state index in [-0.39, 0.29) is 0 Å². The predicted molar refractivity (Wildman–Crippen MR) is 88.5 cm³/mol. The maximum Gasteiger partial charge on any atom is 0.158 e. The van der Waals surface area contributed by atoms with Gasteiger partial charge < -0.3 is 10.2 Å². The first-order chi connectivity index (χ1) is 10.3. The molecule has 0 fully saturated rings. The SMILES string of the molecule is CCCOCc1nc(NN)c2c(-c3cccs3)csc2n1. The molecule has 0 aliphatic carbocycles. The zero-order valence-corrected chi connectivity index (χ0v) is 13.3. The van der Waals surface area contributed by atoms with Gasteiger partial charge in [0.2, 0.25) is 0 Å². The highest BCUT2D eigenvalue weighted by Crippen LogP contribution is 2.38. The van der Waals surface area contributed by atoms with E-state index in [1.165, 1.54) is 4.88 Å². The van der Waals surface area contributed by atoms with Crippen LogP contribution in [0, 0.1) is 0 Å². The molecule has 3 rings (SSSR count). The fourth-order valence-electron chi connectivity index (χ4n) is 2.08. The Kier molecular flexibility index (Phi) is 4.45. The molecular weight excluding hydrogens is 304 g/mol. The standard InChI is InChI=1S/C14H16N4OS2/c1-2-5-19-7-11-16-13(18-15)12-9(8-21-14(12)17-11)10-4-3-6-20-10/h3-4,6,8H,2,5,7,15H2,1H3,(H,16,17,18). The van der Waals surface area contributed by atoms with E-state index in [0.717, 1.165) is 22.2 Å². The summed E-state index contributed by atoms with van der Waals surface area (Å²) in [5, 5.41) is 5.13. The summed E-state index contributed by atoms with van der Waals surface area (Å²) in [5.41, 5.74) is 3.82.